The molecule has 0 N–H and O–H groups in total. The zero-order valence-electron chi connectivity index (χ0n) is 8.99. The molecular formula is C11H16ClN3. The Bertz CT molecular complexity index is 308. The molecule has 0 aliphatic heterocycles. The summed E-state index contributed by atoms with van der Waals surface area (Å²) in [5, 5.41) is 0. The summed E-state index contributed by atoms with van der Waals surface area (Å²) in [7, 11) is 0. The van der Waals surface area contributed by atoms with E-state index in [0.717, 1.165) is 30.5 Å². The van der Waals surface area contributed by atoms with Crippen LogP contribution < -0.4 is 4.90 Å². The highest BCUT2D eigenvalue weighted by Crippen LogP contribution is 2.30. The molecule has 1 saturated carbocycles. The van der Waals surface area contributed by atoms with Crippen LogP contribution >= 0.6 is 11.6 Å². The van der Waals surface area contributed by atoms with Crippen molar-refractivity contribution in [3.8, 4) is 0 Å². The van der Waals surface area contributed by atoms with Gasteiger partial charge in [0.2, 0.25) is 5.95 Å². The number of halogens is 1. The summed E-state index contributed by atoms with van der Waals surface area (Å²) in [6, 6.07) is 0. The van der Waals surface area contributed by atoms with E-state index in [1.165, 1.54) is 12.8 Å². The third kappa shape index (κ3) is 2.81. The van der Waals surface area contributed by atoms with Crippen LogP contribution in [0.2, 0.25) is 0 Å². The van der Waals surface area contributed by atoms with Gasteiger partial charge in [-0.25, -0.2) is 9.97 Å². The molecule has 0 atom stereocenters. The highest BCUT2D eigenvalue weighted by atomic mass is 35.5. The molecule has 1 fully saturated rings. The summed E-state index contributed by atoms with van der Waals surface area (Å²) in [6.07, 6.45) is 6.34. The number of nitrogens with zero attached hydrogens (tertiary/aromatic N) is 3. The molecule has 15 heavy (non-hydrogen) atoms. The monoisotopic (exact) mass is 225 g/mol. The summed E-state index contributed by atoms with van der Waals surface area (Å²) in [6.45, 7) is 4.20. The molecule has 0 aromatic carbocycles. The first-order chi connectivity index (χ1) is 7.33. The minimum Gasteiger partial charge on any atom is -0.341 e. The van der Waals surface area contributed by atoms with Crippen molar-refractivity contribution in [3.05, 3.63) is 18.0 Å². The molecule has 4 heteroatoms. The number of anilines is 1. The fourth-order valence-corrected chi connectivity index (χ4v) is 1.68. The summed E-state index contributed by atoms with van der Waals surface area (Å²) >= 11 is 5.69. The molecule has 1 aromatic heterocycles. The quantitative estimate of drug-likeness (QED) is 0.721. The number of aromatic nitrogens is 2. The molecule has 3 nitrogen and oxygen atoms in total. The van der Waals surface area contributed by atoms with E-state index in [4.69, 9.17) is 11.6 Å². The van der Waals surface area contributed by atoms with Crippen LogP contribution in [0.1, 0.15) is 25.3 Å². The maximum atomic E-state index is 5.69. The fourth-order valence-electron chi connectivity index (χ4n) is 1.54. The minimum atomic E-state index is 0.481. The van der Waals surface area contributed by atoms with Crippen molar-refractivity contribution in [2.24, 2.45) is 5.92 Å². The molecule has 0 saturated heterocycles. The van der Waals surface area contributed by atoms with E-state index in [1.807, 2.05) is 12.4 Å². The summed E-state index contributed by atoms with van der Waals surface area (Å²) in [4.78, 5) is 10.9. The normalized spacial score (nSPS) is 15.3. The van der Waals surface area contributed by atoms with Gasteiger partial charge in [-0.2, -0.15) is 0 Å². The zero-order chi connectivity index (χ0) is 10.7. The zero-order valence-corrected chi connectivity index (χ0v) is 9.74. The smallest absolute Gasteiger partial charge is 0.225 e. The third-order valence-electron chi connectivity index (χ3n) is 2.69. The van der Waals surface area contributed by atoms with Crippen molar-refractivity contribution in [3.63, 3.8) is 0 Å². The molecule has 1 aromatic rings. The van der Waals surface area contributed by atoms with Crippen LogP contribution in [-0.2, 0) is 5.88 Å². The summed E-state index contributed by atoms with van der Waals surface area (Å²) in [5.41, 5.74) is 0.975. The Kier molecular flexibility index (Phi) is 3.41. The van der Waals surface area contributed by atoms with Gasteiger partial charge >= 0.3 is 0 Å². The van der Waals surface area contributed by atoms with Crippen LogP contribution in [0.5, 0.6) is 0 Å². The second-order valence-electron chi connectivity index (χ2n) is 4.01. The van der Waals surface area contributed by atoms with Crippen molar-refractivity contribution in [1.29, 1.82) is 0 Å². The van der Waals surface area contributed by atoms with Gasteiger partial charge in [0.05, 0.1) is 5.88 Å². The molecule has 0 amide bonds. The standard InChI is InChI=1S/C11H16ClN3/c1-2-15(8-9-3-4-9)11-13-6-10(5-12)7-14-11/h6-7,9H,2-5,8H2,1H3. The van der Waals surface area contributed by atoms with Crippen molar-refractivity contribution in [2.45, 2.75) is 25.6 Å². The Labute approximate surface area is 95.5 Å². The Morgan fingerprint density at radius 3 is 2.53 bits per heavy atom. The Morgan fingerprint density at radius 2 is 2.07 bits per heavy atom. The molecule has 0 bridgehead atoms. The van der Waals surface area contributed by atoms with Gasteiger partial charge < -0.3 is 4.90 Å². The molecule has 0 spiro atoms. The molecule has 1 aliphatic rings. The number of rotatable bonds is 5. The van der Waals surface area contributed by atoms with Crippen LogP contribution in [0, 0.1) is 5.92 Å². The lowest BCUT2D eigenvalue weighted by molar-refractivity contribution is 0.718. The molecular weight excluding hydrogens is 210 g/mol. The SMILES string of the molecule is CCN(CC1CC1)c1ncc(CCl)cn1. The minimum absolute atomic E-state index is 0.481. The molecule has 0 radical (unpaired) electrons. The lowest BCUT2D eigenvalue weighted by Crippen LogP contribution is -2.27. The van der Waals surface area contributed by atoms with E-state index in [2.05, 4.69) is 21.8 Å². The van der Waals surface area contributed by atoms with E-state index in [9.17, 15) is 0 Å². The van der Waals surface area contributed by atoms with Crippen molar-refractivity contribution < 1.29 is 0 Å². The van der Waals surface area contributed by atoms with Gasteiger partial charge in [-0.05, 0) is 25.7 Å². The average molecular weight is 226 g/mol. The van der Waals surface area contributed by atoms with Crippen molar-refractivity contribution in [1.82, 2.24) is 9.97 Å². The predicted molar refractivity (Wildman–Crippen MR) is 62.2 cm³/mol. The van der Waals surface area contributed by atoms with Crippen molar-refractivity contribution in [2.75, 3.05) is 18.0 Å². The largest absolute Gasteiger partial charge is 0.341 e. The number of alkyl halides is 1. The van der Waals surface area contributed by atoms with Gasteiger partial charge in [0.25, 0.3) is 0 Å². The highest BCUT2D eigenvalue weighted by molar-refractivity contribution is 6.17. The van der Waals surface area contributed by atoms with Gasteiger partial charge in [0.15, 0.2) is 0 Å². The molecule has 1 heterocycles. The lowest BCUT2D eigenvalue weighted by Gasteiger charge is -2.20. The highest BCUT2D eigenvalue weighted by Gasteiger charge is 2.24. The Balaban J connectivity index is 2.03. The van der Waals surface area contributed by atoms with Gasteiger partial charge in [0, 0.05) is 31.0 Å². The topological polar surface area (TPSA) is 29.0 Å². The Morgan fingerprint density at radius 1 is 1.40 bits per heavy atom. The number of hydrogen-bond acceptors (Lipinski definition) is 3. The van der Waals surface area contributed by atoms with E-state index < -0.39 is 0 Å². The van der Waals surface area contributed by atoms with Crippen LogP contribution in [0.3, 0.4) is 0 Å². The number of hydrogen-bond donors (Lipinski definition) is 0. The fraction of sp³-hybridized carbons (Fsp3) is 0.636. The van der Waals surface area contributed by atoms with Crippen molar-refractivity contribution >= 4 is 17.5 Å². The molecule has 2 rings (SSSR count). The molecule has 0 unspecified atom stereocenters. The van der Waals surface area contributed by atoms with Gasteiger partial charge in [-0.1, -0.05) is 0 Å². The second-order valence-corrected chi connectivity index (χ2v) is 4.27. The maximum absolute atomic E-state index is 5.69. The van der Waals surface area contributed by atoms with E-state index in [1.54, 1.807) is 0 Å². The van der Waals surface area contributed by atoms with Crippen LogP contribution in [0.4, 0.5) is 5.95 Å². The van der Waals surface area contributed by atoms with Gasteiger partial charge in [0.1, 0.15) is 0 Å². The van der Waals surface area contributed by atoms with Gasteiger partial charge in [-0.3, -0.25) is 0 Å². The van der Waals surface area contributed by atoms with Crippen LogP contribution in [0.15, 0.2) is 12.4 Å². The summed E-state index contributed by atoms with van der Waals surface area (Å²) in [5.74, 6) is 2.18. The first-order valence-electron chi connectivity index (χ1n) is 5.45. The maximum Gasteiger partial charge on any atom is 0.225 e. The van der Waals surface area contributed by atoms with E-state index >= 15 is 0 Å². The van der Waals surface area contributed by atoms with Gasteiger partial charge in [-0.15, -0.1) is 11.6 Å². The first-order valence-corrected chi connectivity index (χ1v) is 5.98. The average Bonchev–Trinajstić information content (AvgIpc) is 3.10. The van der Waals surface area contributed by atoms with E-state index in [-0.39, 0.29) is 0 Å². The predicted octanol–water partition coefficient (Wildman–Crippen LogP) is 2.45. The first kappa shape index (κ1) is 10.7. The second kappa shape index (κ2) is 4.79. The third-order valence-corrected chi connectivity index (χ3v) is 2.99. The molecule has 1 aliphatic carbocycles. The van der Waals surface area contributed by atoms with Crippen LogP contribution in [-0.4, -0.2) is 23.1 Å². The summed E-state index contributed by atoms with van der Waals surface area (Å²) < 4.78 is 0. The van der Waals surface area contributed by atoms with Crippen LogP contribution in [0.25, 0.3) is 0 Å². The van der Waals surface area contributed by atoms with E-state index in [0.29, 0.717) is 5.88 Å². The molecule has 82 valence electrons. The lowest BCUT2D eigenvalue weighted by atomic mass is 10.3. The Hall–Kier alpha value is -0.830.